The van der Waals surface area contributed by atoms with Gasteiger partial charge in [0.05, 0.1) is 24.5 Å². The van der Waals surface area contributed by atoms with E-state index in [-0.39, 0.29) is 28.8 Å². The van der Waals surface area contributed by atoms with Crippen LogP contribution in [0, 0.1) is 34.0 Å². The lowest BCUT2D eigenvalue weighted by Gasteiger charge is -2.62. The molecule has 0 radical (unpaired) electrons. The standard InChI is InChI=1S/C31H50O4/c1-10-11-12-13-16-30(5,6)23-18-25(33-8)27(26(19-23)34-9)31(7)22-15-14-21(24(31)17-22)20-35-28(32)29(2,3)4/h14,18-19,22,24-25,27H,10-13,15-17,20H2,1-9H3/t22?,24-,25?,27?,31+/m1/s1. The summed E-state index contributed by atoms with van der Waals surface area (Å²) in [5.41, 5.74) is 2.22. The molecule has 0 aromatic heterocycles. The number of fused-ring (bicyclic) bond motifs is 2. The lowest BCUT2D eigenvalue weighted by atomic mass is 9.42. The molecule has 35 heavy (non-hydrogen) atoms. The van der Waals surface area contributed by atoms with Gasteiger partial charge in [0, 0.05) is 7.11 Å². The minimum absolute atomic E-state index is 0.0216. The predicted octanol–water partition coefficient (Wildman–Crippen LogP) is 7.65. The number of rotatable bonds is 11. The van der Waals surface area contributed by atoms with Crippen LogP contribution in [-0.4, -0.2) is 32.9 Å². The Bertz CT molecular complexity index is 856. The summed E-state index contributed by atoms with van der Waals surface area (Å²) in [7, 11) is 3.64. The van der Waals surface area contributed by atoms with E-state index in [0.717, 1.165) is 18.6 Å². The summed E-state index contributed by atoms with van der Waals surface area (Å²) >= 11 is 0. The van der Waals surface area contributed by atoms with E-state index in [0.29, 0.717) is 18.4 Å². The van der Waals surface area contributed by atoms with Crippen LogP contribution >= 0.6 is 0 Å². The molecule has 4 nitrogen and oxygen atoms in total. The monoisotopic (exact) mass is 486 g/mol. The summed E-state index contributed by atoms with van der Waals surface area (Å²) in [6.45, 7) is 15.5. The van der Waals surface area contributed by atoms with Gasteiger partial charge in [0.2, 0.25) is 0 Å². The lowest BCUT2D eigenvalue weighted by molar-refractivity contribution is -0.154. The van der Waals surface area contributed by atoms with Crippen molar-refractivity contribution in [3.05, 3.63) is 35.1 Å². The third-order valence-electron chi connectivity index (χ3n) is 9.14. The fraction of sp³-hybridized carbons (Fsp3) is 0.774. The second-order valence-electron chi connectivity index (χ2n) is 12.9. The summed E-state index contributed by atoms with van der Waals surface area (Å²) in [5.74, 6) is 2.03. The lowest BCUT2D eigenvalue weighted by Crippen LogP contribution is -2.58. The van der Waals surface area contributed by atoms with E-state index >= 15 is 0 Å². The quantitative estimate of drug-likeness (QED) is 0.171. The number of hydrogen-bond acceptors (Lipinski definition) is 4. The van der Waals surface area contributed by atoms with Gasteiger partial charge in [-0.15, -0.1) is 0 Å². The maximum Gasteiger partial charge on any atom is 0.311 e. The van der Waals surface area contributed by atoms with Gasteiger partial charge in [-0.05, 0) is 79.9 Å². The van der Waals surface area contributed by atoms with Crippen LogP contribution in [0.5, 0.6) is 0 Å². The summed E-state index contributed by atoms with van der Waals surface area (Å²) < 4.78 is 18.0. The first-order chi connectivity index (χ1) is 16.4. The molecule has 4 heteroatoms. The number of methoxy groups -OCH3 is 2. The zero-order chi connectivity index (χ0) is 26.0. The zero-order valence-electron chi connectivity index (χ0n) is 23.8. The average Bonchev–Trinajstić information content (AvgIpc) is 2.83. The van der Waals surface area contributed by atoms with E-state index in [4.69, 9.17) is 14.2 Å². The van der Waals surface area contributed by atoms with Gasteiger partial charge in [-0.3, -0.25) is 4.79 Å². The molecule has 0 aromatic carbocycles. The Morgan fingerprint density at radius 2 is 1.83 bits per heavy atom. The van der Waals surface area contributed by atoms with Gasteiger partial charge in [0.1, 0.15) is 12.4 Å². The molecule has 0 N–H and O–H groups in total. The van der Waals surface area contributed by atoms with Crippen LogP contribution in [0.15, 0.2) is 35.1 Å². The van der Waals surface area contributed by atoms with Gasteiger partial charge in [-0.1, -0.05) is 65.5 Å². The van der Waals surface area contributed by atoms with Crippen molar-refractivity contribution in [3.8, 4) is 0 Å². The van der Waals surface area contributed by atoms with Gasteiger partial charge >= 0.3 is 5.97 Å². The molecule has 0 amide bonds. The Morgan fingerprint density at radius 1 is 1.11 bits per heavy atom. The number of allylic oxidation sites excluding steroid dienone is 3. The highest BCUT2D eigenvalue weighted by Gasteiger charge is 2.61. The Kier molecular flexibility index (Phi) is 8.67. The molecule has 3 rings (SSSR count). The molecule has 0 saturated heterocycles. The molecular formula is C31H50O4. The molecule has 0 spiro atoms. The fourth-order valence-electron chi connectivity index (χ4n) is 6.58. The van der Waals surface area contributed by atoms with Gasteiger partial charge < -0.3 is 14.2 Å². The molecule has 198 valence electrons. The van der Waals surface area contributed by atoms with Crippen molar-refractivity contribution in [2.45, 2.75) is 99.5 Å². The van der Waals surface area contributed by atoms with Crippen molar-refractivity contribution >= 4 is 5.97 Å². The van der Waals surface area contributed by atoms with E-state index in [9.17, 15) is 4.79 Å². The van der Waals surface area contributed by atoms with Crippen LogP contribution in [0.25, 0.3) is 0 Å². The molecule has 0 aromatic rings. The number of carbonyl (C=O) groups is 1. The summed E-state index contributed by atoms with van der Waals surface area (Å²) in [5, 5.41) is 0. The van der Waals surface area contributed by atoms with Crippen molar-refractivity contribution in [1.29, 1.82) is 0 Å². The Morgan fingerprint density at radius 3 is 2.40 bits per heavy atom. The first kappa shape index (κ1) is 28.0. The summed E-state index contributed by atoms with van der Waals surface area (Å²) in [6.07, 6.45) is 15.4. The van der Waals surface area contributed by atoms with Crippen LogP contribution in [0.4, 0.5) is 0 Å². The van der Waals surface area contributed by atoms with Crippen molar-refractivity contribution < 1.29 is 19.0 Å². The van der Waals surface area contributed by atoms with Gasteiger partial charge in [0.15, 0.2) is 0 Å². The van der Waals surface area contributed by atoms with Crippen LogP contribution in [-0.2, 0) is 19.0 Å². The smallest absolute Gasteiger partial charge is 0.311 e. The third-order valence-corrected chi connectivity index (χ3v) is 9.14. The summed E-state index contributed by atoms with van der Waals surface area (Å²) in [4.78, 5) is 12.4. The number of carbonyl (C=O) groups excluding carboxylic acids is 1. The molecular weight excluding hydrogens is 436 g/mol. The average molecular weight is 487 g/mol. The van der Waals surface area contributed by atoms with Gasteiger partial charge in [0.25, 0.3) is 0 Å². The second-order valence-corrected chi connectivity index (χ2v) is 12.9. The number of hydrogen-bond donors (Lipinski definition) is 0. The third kappa shape index (κ3) is 5.58. The fourth-order valence-corrected chi connectivity index (χ4v) is 6.58. The van der Waals surface area contributed by atoms with Gasteiger partial charge in [-0.2, -0.15) is 0 Å². The highest BCUT2D eigenvalue weighted by Crippen LogP contribution is 2.66. The molecule has 3 aliphatic rings. The largest absolute Gasteiger partial charge is 0.501 e. The molecule has 1 saturated carbocycles. The summed E-state index contributed by atoms with van der Waals surface area (Å²) in [6, 6.07) is 0. The highest BCUT2D eigenvalue weighted by molar-refractivity contribution is 5.75. The minimum atomic E-state index is -0.484. The van der Waals surface area contributed by atoms with E-state index in [1.807, 2.05) is 35.0 Å². The molecule has 3 unspecified atom stereocenters. The molecule has 5 atom stereocenters. The highest BCUT2D eigenvalue weighted by atomic mass is 16.5. The van der Waals surface area contributed by atoms with Crippen molar-refractivity contribution in [3.63, 3.8) is 0 Å². The molecule has 1 fully saturated rings. The Balaban J connectivity index is 1.81. The molecule has 3 aliphatic carbocycles. The molecule has 0 heterocycles. The van der Waals surface area contributed by atoms with E-state index in [1.165, 1.54) is 43.3 Å². The van der Waals surface area contributed by atoms with Crippen molar-refractivity contribution in [1.82, 2.24) is 0 Å². The van der Waals surface area contributed by atoms with E-state index < -0.39 is 5.41 Å². The van der Waals surface area contributed by atoms with E-state index in [2.05, 4.69) is 45.9 Å². The van der Waals surface area contributed by atoms with Gasteiger partial charge in [-0.25, -0.2) is 0 Å². The number of ether oxygens (including phenoxy) is 3. The minimum Gasteiger partial charge on any atom is -0.501 e. The van der Waals surface area contributed by atoms with Crippen LogP contribution in [0.3, 0.4) is 0 Å². The van der Waals surface area contributed by atoms with Crippen LogP contribution < -0.4 is 0 Å². The maximum absolute atomic E-state index is 12.4. The Hall–Kier alpha value is -1.55. The maximum atomic E-state index is 12.4. The Labute approximate surface area is 214 Å². The first-order valence-corrected chi connectivity index (χ1v) is 13.8. The SMILES string of the molecule is CCCCCCC(C)(C)C1=CC(OC)C([C@@]2(C)C3CC=C(COC(=O)C(C)(C)C)[C@H]2C3)C(OC)=C1. The first-order valence-electron chi connectivity index (χ1n) is 13.8. The zero-order valence-corrected chi connectivity index (χ0v) is 23.8. The van der Waals surface area contributed by atoms with Crippen molar-refractivity contribution in [2.75, 3.05) is 20.8 Å². The normalized spacial score (nSPS) is 30.6. The van der Waals surface area contributed by atoms with E-state index in [1.54, 1.807) is 0 Å². The second kappa shape index (κ2) is 10.8. The predicted molar refractivity (Wildman–Crippen MR) is 143 cm³/mol. The number of esters is 1. The van der Waals surface area contributed by atoms with Crippen molar-refractivity contribution in [2.24, 2.45) is 34.0 Å². The van der Waals surface area contributed by atoms with Crippen LogP contribution in [0.1, 0.15) is 93.4 Å². The molecule has 0 aliphatic heterocycles. The van der Waals surface area contributed by atoms with Crippen LogP contribution in [0.2, 0.25) is 0 Å². The topological polar surface area (TPSA) is 44.8 Å². The molecule has 2 bridgehead atoms. The number of unbranched alkanes of at least 4 members (excludes halogenated alkanes) is 3.